The largest absolute Gasteiger partial charge is 0.507 e. The molecule has 0 spiro atoms. The third-order valence-electron chi connectivity index (χ3n) is 6.95. The molecule has 1 saturated carbocycles. The number of Topliss-reactive ketones (excluding diaryl/α,β-unsaturated/α-hetero) is 2. The van der Waals surface area contributed by atoms with E-state index in [9.17, 15) is 34.8 Å². The Kier molecular flexibility index (Phi) is 5.13. The van der Waals surface area contributed by atoms with Crippen LogP contribution >= 0.6 is 0 Å². The van der Waals surface area contributed by atoms with Crippen LogP contribution in [0.3, 0.4) is 0 Å². The highest BCUT2D eigenvalue weighted by atomic mass is 16.5. The zero-order chi connectivity index (χ0) is 22.8. The van der Waals surface area contributed by atoms with E-state index in [2.05, 4.69) is 0 Å². The van der Waals surface area contributed by atoms with Crippen molar-refractivity contribution in [1.82, 2.24) is 0 Å². The number of aliphatic hydroxyl groups excluding tert-OH is 1. The molecule has 0 amide bonds. The molecule has 164 valence electrons. The predicted molar refractivity (Wildman–Crippen MR) is 106 cm³/mol. The fraction of sp³-hybridized carbons (Fsp3) is 0.591. The molecular weight excluding hydrogens is 392 g/mol. The Labute approximate surface area is 174 Å². The van der Waals surface area contributed by atoms with Crippen LogP contribution in [0.2, 0.25) is 0 Å². The van der Waals surface area contributed by atoms with Crippen molar-refractivity contribution in [2.24, 2.45) is 11.3 Å². The summed E-state index contributed by atoms with van der Waals surface area (Å²) in [4.78, 5) is 37.9. The minimum absolute atomic E-state index is 0.0235. The van der Waals surface area contributed by atoms with Gasteiger partial charge in [0.25, 0.3) is 0 Å². The number of carbonyl (C=O) groups excluding carboxylic acids is 3. The van der Waals surface area contributed by atoms with E-state index in [0.717, 1.165) is 0 Å². The van der Waals surface area contributed by atoms with Gasteiger partial charge in [-0.2, -0.15) is 0 Å². The summed E-state index contributed by atoms with van der Waals surface area (Å²) in [6.07, 6.45) is 0.0484. The molecule has 4 atom stereocenters. The van der Waals surface area contributed by atoms with Crippen LogP contribution in [0, 0.1) is 11.3 Å². The monoisotopic (exact) mass is 420 g/mol. The van der Waals surface area contributed by atoms with E-state index in [1.807, 2.05) is 0 Å². The first-order chi connectivity index (χ1) is 13.8. The Balaban J connectivity index is 2.31. The summed E-state index contributed by atoms with van der Waals surface area (Å²) in [6.45, 7) is 7.51. The zero-order valence-electron chi connectivity index (χ0n) is 17.8. The minimum atomic E-state index is -1.08. The minimum Gasteiger partial charge on any atom is -0.507 e. The predicted octanol–water partition coefficient (Wildman–Crippen LogP) is 2.29. The maximum Gasteiger partial charge on any atom is 0.302 e. The molecule has 2 aliphatic carbocycles. The van der Waals surface area contributed by atoms with E-state index in [1.54, 1.807) is 20.8 Å². The number of ether oxygens (including phenoxy) is 1. The average molecular weight is 420 g/mol. The fourth-order valence-corrected chi connectivity index (χ4v) is 5.58. The maximum absolute atomic E-state index is 13.3. The molecule has 0 unspecified atom stereocenters. The number of aromatic hydroxyl groups is 3. The summed E-state index contributed by atoms with van der Waals surface area (Å²) in [7, 11) is 0. The Morgan fingerprint density at radius 3 is 2.27 bits per heavy atom. The van der Waals surface area contributed by atoms with Crippen LogP contribution in [0.1, 0.15) is 74.9 Å². The number of phenolic OH excluding ortho intramolecular Hbond substituents is 3. The molecule has 0 aromatic heterocycles. The molecule has 1 aromatic rings. The van der Waals surface area contributed by atoms with Crippen LogP contribution in [0.15, 0.2) is 0 Å². The van der Waals surface area contributed by atoms with Gasteiger partial charge >= 0.3 is 5.97 Å². The maximum atomic E-state index is 13.3. The first-order valence-electron chi connectivity index (χ1n) is 9.98. The van der Waals surface area contributed by atoms with Crippen molar-refractivity contribution in [3.8, 4) is 17.2 Å². The molecule has 1 fully saturated rings. The number of hydrogen-bond donors (Lipinski definition) is 4. The van der Waals surface area contributed by atoms with Crippen LogP contribution in [0.25, 0.3) is 0 Å². The van der Waals surface area contributed by atoms with Crippen LogP contribution in [0.4, 0.5) is 0 Å². The van der Waals surface area contributed by atoms with E-state index in [0.29, 0.717) is 6.42 Å². The second-order valence-corrected chi connectivity index (χ2v) is 9.30. The Hall–Kier alpha value is -2.61. The zero-order valence-corrected chi connectivity index (χ0v) is 17.8. The first-order valence-corrected chi connectivity index (χ1v) is 9.98. The molecule has 0 saturated heterocycles. The van der Waals surface area contributed by atoms with Gasteiger partial charge in [-0.15, -0.1) is 0 Å². The van der Waals surface area contributed by atoms with Gasteiger partial charge in [-0.1, -0.05) is 27.7 Å². The summed E-state index contributed by atoms with van der Waals surface area (Å²) < 4.78 is 5.42. The lowest BCUT2D eigenvalue weighted by molar-refractivity contribution is -0.166. The lowest BCUT2D eigenvalue weighted by atomic mass is 9.48. The lowest BCUT2D eigenvalue weighted by Gasteiger charge is -2.55. The van der Waals surface area contributed by atoms with Crippen molar-refractivity contribution >= 4 is 17.5 Å². The van der Waals surface area contributed by atoms with Gasteiger partial charge in [-0.3, -0.25) is 14.4 Å². The van der Waals surface area contributed by atoms with Gasteiger partial charge in [0.2, 0.25) is 11.6 Å². The third-order valence-corrected chi connectivity index (χ3v) is 6.95. The van der Waals surface area contributed by atoms with Crippen molar-refractivity contribution in [2.75, 3.05) is 6.61 Å². The molecule has 8 heteroatoms. The van der Waals surface area contributed by atoms with E-state index in [-0.39, 0.29) is 23.1 Å². The van der Waals surface area contributed by atoms with Gasteiger partial charge in [-0.05, 0) is 12.8 Å². The quantitative estimate of drug-likeness (QED) is 0.253. The molecule has 0 bridgehead atoms. The topological polar surface area (TPSA) is 141 Å². The summed E-state index contributed by atoms with van der Waals surface area (Å²) in [6, 6.07) is 0. The number of phenols is 3. The average Bonchev–Trinajstić information content (AvgIpc) is 2.64. The smallest absolute Gasteiger partial charge is 0.302 e. The van der Waals surface area contributed by atoms with Crippen LogP contribution in [-0.2, 0) is 19.7 Å². The van der Waals surface area contributed by atoms with Gasteiger partial charge < -0.3 is 25.2 Å². The van der Waals surface area contributed by atoms with Crippen LogP contribution < -0.4 is 0 Å². The molecular formula is C22H28O8. The number of rotatable bonds is 3. The van der Waals surface area contributed by atoms with Crippen molar-refractivity contribution in [2.45, 2.75) is 64.9 Å². The Morgan fingerprint density at radius 1 is 1.13 bits per heavy atom. The Morgan fingerprint density at radius 2 is 1.73 bits per heavy atom. The number of benzene rings is 1. The van der Waals surface area contributed by atoms with Gasteiger partial charge in [0.1, 0.15) is 11.9 Å². The Bertz CT molecular complexity index is 947. The lowest BCUT2D eigenvalue weighted by Crippen LogP contribution is -2.60. The first kappa shape index (κ1) is 22.1. The number of hydrogen-bond acceptors (Lipinski definition) is 8. The second kappa shape index (κ2) is 6.97. The van der Waals surface area contributed by atoms with Gasteiger partial charge in [0.15, 0.2) is 11.5 Å². The van der Waals surface area contributed by atoms with Crippen molar-refractivity contribution in [3.63, 3.8) is 0 Å². The highest BCUT2D eigenvalue weighted by Gasteiger charge is 2.62. The molecule has 1 aromatic carbocycles. The molecule has 0 heterocycles. The van der Waals surface area contributed by atoms with Crippen molar-refractivity contribution in [3.05, 3.63) is 16.7 Å². The number of ketones is 2. The number of carbonyl (C=O) groups is 3. The van der Waals surface area contributed by atoms with E-state index in [1.165, 1.54) is 13.8 Å². The summed E-state index contributed by atoms with van der Waals surface area (Å²) in [5.74, 6) is -5.70. The summed E-state index contributed by atoms with van der Waals surface area (Å²) >= 11 is 0. The molecule has 30 heavy (non-hydrogen) atoms. The summed E-state index contributed by atoms with van der Waals surface area (Å²) in [5, 5.41) is 41.8. The van der Waals surface area contributed by atoms with Crippen molar-refractivity contribution in [1.29, 1.82) is 0 Å². The van der Waals surface area contributed by atoms with Crippen LogP contribution in [0.5, 0.6) is 17.2 Å². The van der Waals surface area contributed by atoms with Crippen molar-refractivity contribution < 1.29 is 39.5 Å². The summed E-state index contributed by atoms with van der Waals surface area (Å²) in [5.41, 5.74) is -2.50. The number of fused-ring (bicyclic) bond motifs is 3. The number of aliphatic hydroxyl groups is 1. The molecule has 0 radical (unpaired) electrons. The van der Waals surface area contributed by atoms with Gasteiger partial charge in [0, 0.05) is 47.3 Å². The fourth-order valence-electron chi connectivity index (χ4n) is 5.58. The molecule has 3 rings (SSSR count). The van der Waals surface area contributed by atoms with Gasteiger partial charge in [0.05, 0.1) is 5.56 Å². The second-order valence-electron chi connectivity index (χ2n) is 9.30. The van der Waals surface area contributed by atoms with E-state index in [4.69, 9.17) is 4.74 Å². The standard InChI is InChI=1S/C22H28O8/c1-9(8-23)12-15(25)13-14(18(28)16(12)26)22(5)7-6-11(30-10(2)24)21(3,4)20(22)19(29)17(13)27/h9,11,20,23,25-26,28H,6-8H2,1-5H3/t9-,11-,20+,22+/m1/s1. The normalized spacial score (nSPS) is 28.5. The van der Waals surface area contributed by atoms with E-state index >= 15 is 0 Å². The van der Waals surface area contributed by atoms with Crippen LogP contribution in [-0.4, -0.2) is 50.7 Å². The SMILES string of the molecule is CC(=O)O[C@@H]1CC[C@@]2(C)c3c(O)c(O)c([C@H](C)CO)c(O)c3C(=O)C(=O)[C@H]2C1(C)C. The highest BCUT2D eigenvalue weighted by molar-refractivity contribution is 6.47. The number of esters is 1. The highest BCUT2D eigenvalue weighted by Crippen LogP contribution is 2.61. The van der Waals surface area contributed by atoms with Gasteiger partial charge in [-0.25, -0.2) is 0 Å². The molecule has 2 aliphatic rings. The molecule has 0 aliphatic heterocycles. The van der Waals surface area contributed by atoms with E-state index < -0.39 is 70.2 Å². The molecule has 8 nitrogen and oxygen atoms in total. The molecule has 4 N–H and O–H groups in total. The third kappa shape index (κ3) is 2.80.